The predicted molar refractivity (Wildman–Crippen MR) is 78.2 cm³/mol. The minimum absolute atomic E-state index is 0.314. The molecule has 2 aromatic rings. The van der Waals surface area contributed by atoms with Crippen LogP contribution in [0.2, 0.25) is 5.02 Å². The number of anilines is 1. The second kappa shape index (κ2) is 5.72. The molecule has 2 rings (SSSR count). The topological polar surface area (TPSA) is 29.1 Å². The fourth-order valence-electron chi connectivity index (χ4n) is 1.57. The van der Waals surface area contributed by atoms with Gasteiger partial charge in [-0.2, -0.15) is 0 Å². The van der Waals surface area contributed by atoms with E-state index in [0.717, 1.165) is 5.56 Å². The van der Waals surface area contributed by atoms with E-state index in [1.807, 2.05) is 6.92 Å². The molecule has 0 atom stereocenters. The first-order valence-electron chi connectivity index (χ1n) is 5.50. The smallest absolute Gasteiger partial charge is 0.255 e. The molecule has 0 unspecified atom stereocenters. The van der Waals surface area contributed by atoms with Gasteiger partial charge < -0.3 is 5.32 Å². The molecule has 0 fully saturated rings. The Morgan fingerprint density at radius 2 is 2.00 bits per heavy atom. The molecule has 5 heteroatoms. The van der Waals surface area contributed by atoms with E-state index < -0.39 is 5.82 Å². The summed E-state index contributed by atoms with van der Waals surface area (Å²) in [7, 11) is 0. The van der Waals surface area contributed by atoms with E-state index in [1.165, 1.54) is 18.2 Å². The van der Waals surface area contributed by atoms with Crippen molar-refractivity contribution in [3.63, 3.8) is 0 Å². The van der Waals surface area contributed by atoms with Crippen LogP contribution in [0.5, 0.6) is 0 Å². The van der Waals surface area contributed by atoms with Crippen molar-refractivity contribution in [1.29, 1.82) is 0 Å². The van der Waals surface area contributed by atoms with Gasteiger partial charge in [0.05, 0.1) is 5.69 Å². The monoisotopic (exact) mass is 341 g/mol. The van der Waals surface area contributed by atoms with Crippen molar-refractivity contribution in [2.75, 3.05) is 5.32 Å². The number of amides is 1. The van der Waals surface area contributed by atoms with E-state index in [-0.39, 0.29) is 5.91 Å². The molecular weight excluding hydrogens is 333 g/mol. The van der Waals surface area contributed by atoms with Gasteiger partial charge in [0, 0.05) is 15.1 Å². The lowest BCUT2D eigenvalue weighted by Gasteiger charge is -2.08. The summed E-state index contributed by atoms with van der Waals surface area (Å²) >= 11 is 9.16. The Labute approximate surface area is 123 Å². The van der Waals surface area contributed by atoms with Crippen LogP contribution < -0.4 is 5.32 Å². The molecular formula is C14H10BrClFNO. The zero-order chi connectivity index (χ0) is 14.0. The van der Waals surface area contributed by atoms with Gasteiger partial charge in [-0.3, -0.25) is 4.79 Å². The lowest BCUT2D eigenvalue weighted by molar-refractivity contribution is 0.102. The molecule has 0 bridgehead atoms. The van der Waals surface area contributed by atoms with Crippen molar-refractivity contribution in [1.82, 2.24) is 0 Å². The van der Waals surface area contributed by atoms with Gasteiger partial charge in [0.1, 0.15) is 5.82 Å². The fourth-order valence-corrected chi connectivity index (χ4v) is 2.04. The van der Waals surface area contributed by atoms with Gasteiger partial charge in [-0.25, -0.2) is 4.39 Å². The van der Waals surface area contributed by atoms with Gasteiger partial charge in [0.2, 0.25) is 0 Å². The van der Waals surface area contributed by atoms with Gasteiger partial charge in [-0.05, 0) is 64.8 Å². The molecule has 2 aromatic carbocycles. The average molecular weight is 343 g/mol. The molecule has 0 spiro atoms. The van der Waals surface area contributed by atoms with Crippen molar-refractivity contribution in [3.05, 3.63) is 62.8 Å². The highest BCUT2D eigenvalue weighted by atomic mass is 79.9. The van der Waals surface area contributed by atoms with E-state index in [0.29, 0.717) is 20.7 Å². The standard InChI is InChI=1S/C14H10BrClFNO/c1-8-6-9(2-5-12(8)16)14(19)18-13-7-10(17)3-4-11(13)15/h2-7H,1H3,(H,18,19). The quantitative estimate of drug-likeness (QED) is 0.834. The van der Waals surface area contributed by atoms with Crippen LogP contribution >= 0.6 is 27.5 Å². The number of carbonyl (C=O) groups excluding carboxylic acids is 1. The van der Waals surface area contributed by atoms with E-state index in [9.17, 15) is 9.18 Å². The van der Waals surface area contributed by atoms with Gasteiger partial charge in [-0.15, -0.1) is 0 Å². The maximum Gasteiger partial charge on any atom is 0.255 e. The van der Waals surface area contributed by atoms with Crippen LogP contribution in [0.1, 0.15) is 15.9 Å². The maximum atomic E-state index is 13.1. The summed E-state index contributed by atoms with van der Waals surface area (Å²) in [6.45, 7) is 1.82. The Bertz CT molecular complexity index is 645. The zero-order valence-corrected chi connectivity index (χ0v) is 12.3. The van der Waals surface area contributed by atoms with Crippen LogP contribution in [-0.4, -0.2) is 5.91 Å². The average Bonchev–Trinajstić information content (AvgIpc) is 2.37. The highest BCUT2D eigenvalue weighted by molar-refractivity contribution is 9.10. The van der Waals surface area contributed by atoms with Crippen LogP contribution in [0, 0.1) is 12.7 Å². The summed E-state index contributed by atoms with van der Waals surface area (Å²) in [5, 5.41) is 3.25. The highest BCUT2D eigenvalue weighted by Gasteiger charge is 2.10. The molecule has 0 saturated carbocycles. The molecule has 19 heavy (non-hydrogen) atoms. The molecule has 1 N–H and O–H groups in total. The number of carbonyl (C=O) groups is 1. The molecule has 0 aliphatic carbocycles. The minimum atomic E-state index is -0.411. The second-order valence-corrected chi connectivity index (χ2v) is 5.30. The van der Waals surface area contributed by atoms with Crippen molar-refractivity contribution in [2.24, 2.45) is 0 Å². The summed E-state index contributed by atoms with van der Waals surface area (Å²) in [5.41, 5.74) is 1.67. The molecule has 0 saturated heterocycles. The molecule has 0 radical (unpaired) electrons. The normalized spacial score (nSPS) is 10.3. The van der Waals surface area contributed by atoms with Gasteiger partial charge in [0.25, 0.3) is 5.91 Å². The third-order valence-electron chi connectivity index (χ3n) is 2.60. The van der Waals surface area contributed by atoms with Crippen molar-refractivity contribution >= 4 is 39.1 Å². The summed E-state index contributed by atoms with van der Waals surface area (Å²) in [5.74, 6) is -0.725. The Balaban J connectivity index is 2.25. The summed E-state index contributed by atoms with van der Waals surface area (Å²) in [6, 6.07) is 9.07. The molecule has 2 nitrogen and oxygen atoms in total. The Hall–Kier alpha value is -1.39. The van der Waals surface area contributed by atoms with Crippen LogP contribution in [0.3, 0.4) is 0 Å². The molecule has 0 heterocycles. The Morgan fingerprint density at radius 1 is 1.26 bits per heavy atom. The first-order valence-corrected chi connectivity index (χ1v) is 6.67. The number of hydrogen-bond donors (Lipinski definition) is 1. The summed E-state index contributed by atoms with van der Waals surface area (Å²) in [6.07, 6.45) is 0. The van der Waals surface area contributed by atoms with E-state index in [2.05, 4.69) is 21.2 Å². The predicted octanol–water partition coefficient (Wildman–Crippen LogP) is 4.80. The van der Waals surface area contributed by atoms with Crippen molar-refractivity contribution in [2.45, 2.75) is 6.92 Å². The number of nitrogens with one attached hydrogen (secondary N) is 1. The van der Waals surface area contributed by atoms with Gasteiger partial charge in [-0.1, -0.05) is 11.6 Å². The third-order valence-corrected chi connectivity index (χ3v) is 3.71. The number of halogens is 3. The van der Waals surface area contributed by atoms with E-state index in [1.54, 1.807) is 18.2 Å². The Kier molecular flexibility index (Phi) is 4.22. The molecule has 0 aromatic heterocycles. The number of aryl methyl sites for hydroxylation is 1. The second-order valence-electron chi connectivity index (χ2n) is 4.04. The largest absolute Gasteiger partial charge is 0.321 e. The minimum Gasteiger partial charge on any atom is -0.321 e. The van der Waals surface area contributed by atoms with Crippen LogP contribution in [0.15, 0.2) is 40.9 Å². The van der Waals surface area contributed by atoms with Crippen molar-refractivity contribution in [3.8, 4) is 0 Å². The van der Waals surface area contributed by atoms with Crippen LogP contribution in [-0.2, 0) is 0 Å². The lowest BCUT2D eigenvalue weighted by Crippen LogP contribution is -2.12. The molecule has 1 amide bonds. The fraction of sp³-hybridized carbons (Fsp3) is 0.0714. The Morgan fingerprint density at radius 3 is 2.68 bits per heavy atom. The lowest BCUT2D eigenvalue weighted by atomic mass is 10.1. The molecule has 0 aliphatic heterocycles. The first-order chi connectivity index (χ1) is 8.97. The number of benzene rings is 2. The number of hydrogen-bond acceptors (Lipinski definition) is 1. The van der Waals surface area contributed by atoms with Gasteiger partial charge >= 0.3 is 0 Å². The van der Waals surface area contributed by atoms with Crippen LogP contribution in [0.25, 0.3) is 0 Å². The van der Waals surface area contributed by atoms with Crippen molar-refractivity contribution < 1.29 is 9.18 Å². The van der Waals surface area contributed by atoms with Crippen LogP contribution in [0.4, 0.5) is 10.1 Å². The number of rotatable bonds is 2. The summed E-state index contributed by atoms with van der Waals surface area (Å²) in [4.78, 5) is 12.0. The molecule has 0 aliphatic rings. The van der Waals surface area contributed by atoms with E-state index >= 15 is 0 Å². The van der Waals surface area contributed by atoms with E-state index in [4.69, 9.17) is 11.6 Å². The first kappa shape index (κ1) is 14.0. The highest BCUT2D eigenvalue weighted by Crippen LogP contribution is 2.24. The van der Waals surface area contributed by atoms with Gasteiger partial charge in [0.15, 0.2) is 0 Å². The summed E-state index contributed by atoms with van der Waals surface area (Å²) < 4.78 is 13.7. The molecule has 98 valence electrons. The maximum absolute atomic E-state index is 13.1. The third kappa shape index (κ3) is 3.33. The zero-order valence-electron chi connectivity index (χ0n) is 10.0. The SMILES string of the molecule is Cc1cc(C(=O)Nc2cc(F)ccc2Br)ccc1Cl.